The van der Waals surface area contributed by atoms with Gasteiger partial charge in [-0.05, 0) is 49.4 Å². The molecule has 0 bridgehead atoms. The largest absolute Gasteiger partial charge is 0.462 e. The normalized spacial score (nSPS) is 10.1. The topological polar surface area (TPSA) is 93.2 Å². The number of rotatable bonds is 6. The molecule has 0 fully saturated rings. The number of para-hydroxylation sites is 1. The molecule has 1 aromatic heterocycles. The van der Waals surface area contributed by atoms with Gasteiger partial charge in [-0.3, -0.25) is 4.79 Å². The van der Waals surface area contributed by atoms with E-state index < -0.39 is 0 Å². The molecule has 27 heavy (non-hydrogen) atoms. The maximum Gasteiger partial charge on any atom is 0.338 e. The van der Waals surface area contributed by atoms with E-state index >= 15 is 0 Å². The predicted molar refractivity (Wildman–Crippen MR) is 102 cm³/mol. The highest BCUT2D eigenvalue weighted by Crippen LogP contribution is 2.15. The number of amides is 1. The molecule has 0 aliphatic rings. The Bertz CT molecular complexity index is 927. The number of hydrogen-bond acceptors (Lipinski definition) is 6. The molecule has 136 valence electrons. The third-order valence-electron chi connectivity index (χ3n) is 3.57. The Labute approximate surface area is 156 Å². The van der Waals surface area contributed by atoms with Crippen molar-refractivity contribution in [3.05, 3.63) is 78.1 Å². The van der Waals surface area contributed by atoms with Crippen LogP contribution in [-0.4, -0.2) is 28.5 Å². The summed E-state index contributed by atoms with van der Waals surface area (Å²) < 4.78 is 4.95. The van der Waals surface area contributed by atoms with E-state index in [4.69, 9.17) is 4.74 Å². The Morgan fingerprint density at radius 3 is 2.41 bits per heavy atom. The van der Waals surface area contributed by atoms with E-state index in [0.717, 1.165) is 0 Å². The molecule has 1 heterocycles. The van der Waals surface area contributed by atoms with Crippen molar-refractivity contribution >= 4 is 29.2 Å². The second-order valence-corrected chi connectivity index (χ2v) is 5.51. The van der Waals surface area contributed by atoms with E-state index in [0.29, 0.717) is 23.5 Å². The highest BCUT2D eigenvalue weighted by molar-refractivity contribution is 6.03. The summed E-state index contributed by atoms with van der Waals surface area (Å²) in [4.78, 5) is 32.3. The number of ether oxygens (including phenoxy) is 1. The van der Waals surface area contributed by atoms with Crippen molar-refractivity contribution in [3.8, 4) is 0 Å². The second-order valence-electron chi connectivity index (χ2n) is 5.51. The summed E-state index contributed by atoms with van der Waals surface area (Å²) in [6.07, 6.45) is 1.50. The Morgan fingerprint density at radius 2 is 1.70 bits per heavy atom. The number of nitrogens with zero attached hydrogens (tertiary/aromatic N) is 2. The molecule has 0 unspecified atom stereocenters. The average Bonchev–Trinajstić information content (AvgIpc) is 2.70. The van der Waals surface area contributed by atoms with Crippen LogP contribution in [-0.2, 0) is 4.74 Å². The van der Waals surface area contributed by atoms with E-state index in [1.54, 1.807) is 43.3 Å². The van der Waals surface area contributed by atoms with Crippen molar-refractivity contribution in [3.63, 3.8) is 0 Å². The third-order valence-corrected chi connectivity index (χ3v) is 3.57. The molecule has 1 amide bonds. The van der Waals surface area contributed by atoms with Crippen LogP contribution in [0.1, 0.15) is 27.8 Å². The van der Waals surface area contributed by atoms with Crippen molar-refractivity contribution in [2.45, 2.75) is 6.92 Å². The van der Waals surface area contributed by atoms with Crippen LogP contribution in [0.25, 0.3) is 0 Å². The molecule has 0 saturated heterocycles. The molecule has 3 aromatic rings. The highest BCUT2D eigenvalue weighted by Gasteiger charge is 2.10. The highest BCUT2D eigenvalue weighted by atomic mass is 16.5. The lowest BCUT2D eigenvalue weighted by Crippen LogP contribution is -2.14. The zero-order valence-corrected chi connectivity index (χ0v) is 14.7. The van der Waals surface area contributed by atoms with Gasteiger partial charge in [0.15, 0.2) is 0 Å². The Balaban J connectivity index is 1.68. The first-order valence-corrected chi connectivity index (χ1v) is 8.39. The summed E-state index contributed by atoms with van der Waals surface area (Å²) in [5, 5.41) is 5.78. The summed E-state index contributed by atoms with van der Waals surface area (Å²) in [5.41, 5.74) is 2.06. The van der Waals surface area contributed by atoms with Crippen LogP contribution in [0.2, 0.25) is 0 Å². The molecular weight excluding hydrogens is 344 g/mol. The standard InChI is InChI=1S/C20H18N4O3/c1-2-27-19(26)14-8-10-16(11-9-14)23-20-21-13-12-17(24-20)18(25)22-15-6-4-3-5-7-15/h3-13H,2H2,1H3,(H,22,25)(H,21,23,24). The minimum Gasteiger partial charge on any atom is -0.462 e. The first-order chi connectivity index (χ1) is 13.2. The number of carbonyl (C=O) groups excluding carboxylic acids is 2. The lowest BCUT2D eigenvalue weighted by atomic mass is 10.2. The minimum absolute atomic E-state index is 0.236. The number of aromatic nitrogens is 2. The van der Waals surface area contributed by atoms with Crippen molar-refractivity contribution in [2.75, 3.05) is 17.2 Å². The number of esters is 1. The zero-order chi connectivity index (χ0) is 19.1. The fourth-order valence-corrected chi connectivity index (χ4v) is 2.30. The Morgan fingerprint density at radius 1 is 0.963 bits per heavy atom. The van der Waals surface area contributed by atoms with Crippen LogP contribution < -0.4 is 10.6 Å². The molecule has 2 N–H and O–H groups in total. The van der Waals surface area contributed by atoms with Crippen molar-refractivity contribution < 1.29 is 14.3 Å². The summed E-state index contributed by atoms with van der Waals surface area (Å²) in [6.45, 7) is 2.08. The Hall–Kier alpha value is -3.74. The van der Waals surface area contributed by atoms with Crippen LogP contribution in [0.3, 0.4) is 0 Å². The van der Waals surface area contributed by atoms with Crippen LogP contribution in [0.15, 0.2) is 66.9 Å². The van der Waals surface area contributed by atoms with Gasteiger partial charge < -0.3 is 15.4 Å². The molecule has 7 heteroatoms. The fourth-order valence-electron chi connectivity index (χ4n) is 2.30. The monoisotopic (exact) mass is 362 g/mol. The SMILES string of the molecule is CCOC(=O)c1ccc(Nc2nccc(C(=O)Nc3ccccc3)n2)cc1. The van der Waals surface area contributed by atoms with Crippen molar-refractivity contribution in [2.24, 2.45) is 0 Å². The van der Waals surface area contributed by atoms with Gasteiger partial charge in [-0.1, -0.05) is 18.2 Å². The van der Waals surface area contributed by atoms with Crippen LogP contribution in [0, 0.1) is 0 Å². The summed E-state index contributed by atoms with van der Waals surface area (Å²) in [5.74, 6) is -0.427. The zero-order valence-electron chi connectivity index (χ0n) is 14.7. The number of hydrogen-bond donors (Lipinski definition) is 2. The molecular formula is C20H18N4O3. The summed E-state index contributed by atoms with van der Waals surface area (Å²) in [6, 6.07) is 17.4. The first kappa shape index (κ1) is 18.1. The molecule has 7 nitrogen and oxygen atoms in total. The van der Waals surface area contributed by atoms with Gasteiger partial charge in [0.25, 0.3) is 5.91 Å². The third kappa shape index (κ3) is 4.88. The summed E-state index contributed by atoms with van der Waals surface area (Å²) >= 11 is 0. The van der Waals surface area contributed by atoms with Crippen LogP contribution >= 0.6 is 0 Å². The maximum atomic E-state index is 12.3. The van der Waals surface area contributed by atoms with Crippen molar-refractivity contribution in [1.82, 2.24) is 9.97 Å². The lowest BCUT2D eigenvalue weighted by molar-refractivity contribution is 0.0526. The lowest BCUT2D eigenvalue weighted by Gasteiger charge is -2.08. The number of nitrogens with one attached hydrogen (secondary N) is 2. The van der Waals surface area contributed by atoms with E-state index in [9.17, 15) is 9.59 Å². The van der Waals surface area contributed by atoms with E-state index in [1.165, 1.54) is 12.3 Å². The van der Waals surface area contributed by atoms with Gasteiger partial charge in [0.05, 0.1) is 12.2 Å². The van der Waals surface area contributed by atoms with E-state index in [1.807, 2.05) is 18.2 Å². The minimum atomic E-state index is -0.375. The van der Waals surface area contributed by atoms with Gasteiger partial charge in [-0.2, -0.15) is 0 Å². The molecule has 2 aromatic carbocycles. The van der Waals surface area contributed by atoms with Crippen LogP contribution in [0.5, 0.6) is 0 Å². The van der Waals surface area contributed by atoms with Gasteiger partial charge in [0, 0.05) is 17.6 Å². The first-order valence-electron chi connectivity index (χ1n) is 8.39. The van der Waals surface area contributed by atoms with Gasteiger partial charge in [0.1, 0.15) is 5.69 Å². The maximum absolute atomic E-state index is 12.3. The number of benzene rings is 2. The molecule has 0 aliphatic carbocycles. The molecule has 0 radical (unpaired) electrons. The Kier molecular flexibility index (Phi) is 5.73. The quantitative estimate of drug-likeness (QED) is 0.650. The van der Waals surface area contributed by atoms with Gasteiger partial charge in [-0.15, -0.1) is 0 Å². The average molecular weight is 362 g/mol. The van der Waals surface area contributed by atoms with Crippen LogP contribution in [0.4, 0.5) is 17.3 Å². The predicted octanol–water partition coefficient (Wildman–Crippen LogP) is 3.65. The second kappa shape index (κ2) is 8.57. The molecule has 3 rings (SSSR count). The van der Waals surface area contributed by atoms with E-state index in [-0.39, 0.29) is 23.5 Å². The number of anilines is 3. The number of carbonyl (C=O) groups is 2. The summed E-state index contributed by atoms with van der Waals surface area (Å²) in [7, 11) is 0. The smallest absolute Gasteiger partial charge is 0.338 e. The van der Waals surface area contributed by atoms with Gasteiger partial charge in [-0.25, -0.2) is 14.8 Å². The molecule has 0 aliphatic heterocycles. The van der Waals surface area contributed by atoms with Crippen molar-refractivity contribution in [1.29, 1.82) is 0 Å². The van der Waals surface area contributed by atoms with Gasteiger partial charge >= 0.3 is 5.97 Å². The fraction of sp³-hybridized carbons (Fsp3) is 0.100. The van der Waals surface area contributed by atoms with Gasteiger partial charge in [0.2, 0.25) is 5.95 Å². The molecule has 0 spiro atoms. The molecule has 0 saturated carbocycles. The van der Waals surface area contributed by atoms with E-state index in [2.05, 4.69) is 20.6 Å². The molecule has 0 atom stereocenters.